The first-order valence-electron chi connectivity index (χ1n) is 14.9. The average molecular weight is 657 g/mol. The standard InChI is InChI=1S/C19H14FN3O2.C18H12FN3O2/c1-25-19-13(5-4-9-21-19)17-15-6-2-3-10-23(15)18(22-17)14-11-12(20)7-8-16(14)24;19-11-6-7-15(23)13(10-11)17-21-16(12-4-3-8-20-18(12)24)14-5-1-2-9-22(14)17/h2-11,24H,1H3;1-10,23H,(H,20,24). The summed E-state index contributed by atoms with van der Waals surface area (Å²) < 4.78 is 36.2. The van der Waals surface area contributed by atoms with Gasteiger partial charge in [-0.15, -0.1) is 0 Å². The van der Waals surface area contributed by atoms with Gasteiger partial charge in [-0.1, -0.05) is 12.1 Å². The zero-order chi connectivity index (χ0) is 34.1. The molecule has 0 amide bonds. The molecule has 0 aliphatic rings. The number of benzene rings is 2. The predicted molar refractivity (Wildman–Crippen MR) is 180 cm³/mol. The largest absolute Gasteiger partial charge is 0.507 e. The second kappa shape index (κ2) is 12.8. The molecule has 0 fully saturated rings. The number of nitrogens with zero attached hydrogens (tertiary/aromatic N) is 5. The number of hydrogen-bond donors (Lipinski definition) is 3. The number of methoxy groups -OCH3 is 1. The van der Waals surface area contributed by atoms with Gasteiger partial charge in [-0.2, -0.15) is 0 Å². The maximum Gasteiger partial charge on any atom is 0.257 e. The summed E-state index contributed by atoms with van der Waals surface area (Å²) in [4.78, 5) is 28.1. The molecule has 10 nitrogen and oxygen atoms in total. The highest BCUT2D eigenvalue weighted by molar-refractivity contribution is 5.85. The van der Waals surface area contributed by atoms with Gasteiger partial charge in [0.2, 0.25) is 5.88 Å². The van der Waals surface area contributed by atoms with Gasteiger partial charge in [-0.05, 0) is 84.9 Å². The van der Waals surface area contributed by atoms with Crippen molar-refractivity contribution in [3.8, 4) is 62.7 Å². The Kier molecular flexibility index (Phi) is 8.02. The minimum atomic E-state index is -0.477. The van der Waals surface area contributed by atoms with Crippen molar-refractivity contribution in [2.45, 2.75) is 0 Å². The van der Waals surface area contributed by atoms with Crippen molar-refractivity contribution in [3.63, 3.8) is 0 Å². The number of rotatable bonds is 5. The number of fused-ring (bicyclic) bond motifs is 2. The maximum atomic E-state index is 13.7. The molecule has 0 aliphatic carbocycles. The lowest BCUT2D eigenvalue weighted by Crippen LogP contribution is -2.07. The van der Waals surface area contributed by atoms with Gasteiger partial charge in [0.15, 0.2) is 0 Å². The average Bonchev–Trinajstić information content (AvgIpc) is 3.70. The van der Waals surface area contributed by atoms with E-state index in [2.05, 4.69) is 19.9 Å². The molecule has 0 atom stereocenters. The second-order valence-electron chi connectivity index (χ2n) is 10.8. The van der Waals surface area contributed by atoms with Crippen LogP contribution in [0.3, 0.4) is 0 Å². The Morgan fingerprint density at radius 2 is 1.22 bits per heavy atom. The summed E-state index contributed by atoms with van der Waals surface area (Å²) in [6.45, 7) is 0. The molecule has 6 aromatic heterocycles. The van der Waals surface area contributed by atoms with Crippen LogP contribution in [-0.4, -0.2) is 46.1 Å². The quantitative estimate of drug-likeness (QED) is 0.180. The first-order valence-corrected chi connectivity index (χ1v) is 14.9. The Bertz CT molecular complexity index is 2540. The van der Waals surface area contributed by atoms with Crippen molar-refractivity contribution >= 4 is 11.0 Å². The fourth-order valence-electron chi connectivity index (χ4n) is 5.57. The number of aromatic nitrogens is 6. The Morgan fingerprint density at radius 1 is 0.673 bits per heavy atom. The monoisotopic (exact) mass is 656 g/mol. The lowest BCUT2D eigenvalue weighted by Gasteiger charge is -2.04. The van der Waals surface area contributed by atoms with Gasteiger partial charge in [0.1, 0.15) is 46.2 Å². The topological polar surface area (TPSA) is 130 Å². The van der Waals surface area contributed by atoms with Crippen LogP contribution in [0.25, 0.3) is 56.3 Å². The smallest absolute Gasteiger partial charge is 0.257 e. The lowest BCUT2D eigenvalue weighted by molar-refractivity contribution is 0.399. The van der Waals surface area contributed by atoms with Crippen LogP contribution < -0.4 is 10.3 Å². The van der Waals surface area contributed by atoms with Gasteiger partial charge < -0.3 is 19.9 Å². The molecule has 0 spiro atoms. The fourth-order valence-corrected chi connectivity index (χ4v) is 5.57. The van der Waals surface area contributed by atoms with Crippen molar-refractivity contribution in [2.24, 2.45) is 0 Å². The van der Waals surface area contributed by atoms with Crippen molar-refractivity contribution in [1.29, 1.82) is 0 Å². The van der Waals surface area contributed by atoms with Gasteiger partial charge in [-0.3, -0.25) is 13.6 Å². The summed E-state index contributed by atoms with van der Waals surface area (Å²) in [5.41, 5.74) is 4.03. The molecule has 0 unspecified atom stereocenters. The maximum absolute atomic E-state index is 13.7. The second-order valence-corrected chi connectivity index (χ2v) is 10.8. The number of hydrogen-bond acceptors (Lipinski definition) is 7. The molecule has 3 N–H and O–H groups in total. The molecule has 12 heteroatoms. The molecule has 8 rings (SSSR count). The van der Waals surface area contributed by atoms with E-state index in [4.69, 9.17) is 4.74 Å². The van der Waals surface area contributed by atoms with Gasteiger partial charge >= 0.3 is 0 Å². The van der Waals surface area contributed by atoms with Crippen LogP contribution in [-0.2, 0) is 0 Å². The summed E-state index contributed by atoms with van der Waals surface area (Å²) >= 11 is 0. The number of aromatic hydroxyl groups is 2. The van der Waals surface area contributed by atoms with Crippen LogP contribution >= 0.6 is 0 Å². The molecule has 2 aromatic carbocycles. The number of pyridine rings is 4. The molecular weight excluding hydrogens is 630 g/mol. The molecule has 242 valence electrons. The van der Waals surface area contributed by atoms with Gasteiger partial charge in [0, 0.05) is 24.8 Å². The third kappa shape index (κ3) is 5.71. The number of imidazole rings is 2. The first-order chi connectivity index (χ1) is 23.8. The Hall–Kier alpha value is -6.82. The van der Waals surface area contributed by atoms with E-state index in [1.165, 1.54) is 36.4 Å². The number of phenols is 2. The lowest BCUT2D eigenvalue weighted by atomic mass is 10.1. The number of aromatic amines is 1. The number of ether oxygens (including phenoxy) is 1. The van der Waals surface area contributed by atoms with Gasteiger partial charge in [0.05, 0.1) is 40.4 Å². The number of H-pyrrole nitrogens is 1. The Morgan fingerprint density at radius 3 is 1.78 bits per heavy atom. The van der Waals surface area contributed by atoms with Gasteiger partial charge in [-0.25, -0.2) is 23.7 Å². The van der Waals surface area contributed by atoms with Crippen LogP contribution in [0.15, 0.2) is 127 Å². The van der Waals surface area contributed by atoms with Crippen molar-refractivity contribution in [2.75, 3.05) is 7.11 Å². The van der Waals surface area contributed by atoms with E-state index in [0.29, 0.717) is 45.6 Å². The van der Waals surface area contributed by atoms with E-state index in [0.717, 1.165) is 11.1 Å². The van der Waals surface area contributed by atoms with E-state index >= 15 is 0 Å². The Labute approximate surface area is 276 Å². The molecule has 6 heterocycles. The van der Waals surface area contributed by atoms with Crippen molar-refractivity contribution in [1.82, 2.24) is 28.7 Å². The molecule has 0 radical (unpaired) electrons. The molecule has 0 saturated heterocycles. The van der Waals surface area contributed by atoms with Crippen LogP contribution in [0, 0.1) is 11.6 Å². The summed E-state index contributed by atoms with van der Waals surface area (Å²) in [6, 6.07) is 25.6. The van der Waals surface area contributed by atoms with E-state index in [1.54, 1.807) is 58.8 Å². The molecule has 0 aliphatic heterocycles. The van der Waals surface area contributed by atoms with E-state index in [9.17, 15) is 23.8 Å². The molecule has 0 bridgehead atoms. The summed E-state index contributed by atoms with van der Waals surface area (Å²) in [5, 5.41) is 20.3. The predicted octanol–water partition coefficient (Wildman–Crippen LogP) is 7.12. The highest BCUT2D eigenvalue weighted by atomic mass is 19.1. The van der Waals surface area contributed by atoms with Crippen LogP contribution in [0.4, 0.5) is 8.78 Å². The van der Waals surface area contributed by atoms with Crippen LogP contribution in [0.1, 0.15) is 0 Å². The summed E-state index contributed by atoms with van der Waals surface area (Å²) in [6.07, 6.45) is 6.75. The first kappa shape index (κ1) is 30.8. The highest BCUT2D eigenvalue weighted by Crippen LogP contribution is 2.37. The van der Waals surface area contributed by atoms with Crippen LogP contribution in [0.2, 0.25) is 0 Å². The van der Waals surface area contributed by atoms with Crippen molar-refractivity contribution < 1.29 is 23.7 Å². The number of phenolic OH excluding ortho intramolecular Hbond substituents is 2. The third-order valence-electron chi connectivity index (χ3n) is 7.79. The molecular formula is C37H26F2N6O4. The van der Waals surface area contributed by atoms with Crippen LogP contribution in [0.5, 0.6) is 17.4 Å². The minimum absolute atomic E-state index is 0.0399. The zero-order valence-corrected chi connectivity index (χ0v) is 25.7. The number of nitrogens with one attached hydrogen (secondary N) is 1. The van der Waals surface area contributed by atoms with E-state index in [1.807, 2.05) is 42.6 Å². The minimum Gasteiger partial charge on any atom is -0.507 e. The third-order valence-corrected chi connectivity index (χ3v) is 7.79. The highest BCUT2D eigenvalue weighted by Gasteiger charge is 2.20. The summed E-state index contributed by atoms with van der Waals surface area (Å²) in [5.74, 6) is 0.203. The molecule has 49 heavy (non-hydrogen) atoms. The SMILES string of the molecule is COc1ncccc1-c1nc(-c2cc(F)ccc2O)n2ccccc12.O=c1[nH]cccc1-c1nc(-c2cc(F)ccc2O)n2ccccc12. The summed E-state index contributed by atoms with van der Waals surface area (Å²) in [7, 11) is 1.55. The van der Waals surface area contributed by atoms with E-state index < -0.39 is 11.6 Å². The Balaban J connectivity index is 0.000000154. The number of halogens is 2. The fraction of sp³-hybridized carbons (Fsp3) is 0.0270. The van der Waals surface area contributed by atoms with Gasteiger partial charge in [0.25, 0.3) is 5.56 Å². The van der Waals surface area contributed by atoms with Crippen molar-refractivity contribution in [3.05, 3.63) is 144 Å². The zero-order valence-electron chi connectivity index (χ0n) is 25.7. The van der Waals surface area contributed by atoms with E-state index in [-0.39, 0.29) is 22.6 Å². The molecule has 8 aromatic rings. The molecule has 0 saturated carbocycles. The normalized spacial score (nSPS) is 11.0.